The zero-order valence-electron chi connectivity index (χ0n) is 11.9. The molecule has 0 radical (unpaired) electrons. The summed E-state index contributed by atoms with van der Waals surface area (Å²) < 4.78 is 0.561. The monoisotopic (exact) mass is 363 g/mol. The largest absolute Gasteiger partial charge is 0.506 e. The molecule has 0 fully saturated rings. The number of Topliss-reactive ketones (excluding diaryl/α,β-unsaturated/α-hetero) is 1. The van der Waals surface area contributed by atoms with Gasteiger partial charge in [-0.05, 0) is 40.0 Å². The van der Waals surface area contributed by atoms with Gasteiger partial charge < -0.3 is 5.11 Å². The Hall–Kier alpha value is -2.21. The number of carbonyl (C=O) groups is 1. The van der Waals surface area contributed by atoms with E-state index in [4.69, 9.17) is 0 Å². The number of aryl methyl sites for hydroxylation is 1. The molecule has 0 bridgehead atoms. The number of halogens is 1. The lowest BCUT2D eigenvalue weighted by Crippen LogP contribution is -2.07. The Morgan fingerprint density at radius 1 is 1.23 bits per heavy atom. The fraction of sp³-hybridized carbons (Fsp3) is 0.188. The molecule has 0 aromatic heterocycles. The van der Waals surface area contributed by atoms with Crippen molar-refractivity contribution in [2.45, 2.75) is 19.8 Å². The second kappa shape index (κ2) is 6.70. The summed E-state index contributed by atoms with van der Waals surface area (Å²) in [4.78, 5) is 22.2. The van der Waals surface area contributed by atoms with Crippen molar-refractivity contribution in [3.8, 4) is 5.75 Å². The fourth-order valence-corrected chi connectivity index (χ4v) is 2.80. The predicted octanol–water partition coefficient (Wildman–Crippen LogP) is 3.73. The summed E-state index contributed by atoms with van der Waals surface area (Å²) in [5.74, 6) is 0.00398. The first-order valence-electron chi connectivity index (χ1n) is 6.60. The summed E-state index contributed by atoms with van der Waals surface area (Å²) in [5, 5.41) is 20.5. The average Bonchev–Trinajstić information content (AvgIpc) is 2.44. The van der Waals surface area contributed by atoms with Crippen molar-refractivity contribution in [3.05, 3.63) is 67.7 Å². The number of nitro benzene ring substituents is 1. The van der Waals surface area contributed by atoms with Crippen molar-refractivity contribution in [1.29, 1.82) is 0 Å². The van der Waals surface area contributed by atoms with Crippen molar-refractivity contribution >= 4 is 27.4 Å². The van der Waals surface area contributed by atoms with E-state index in [1.165, 1.54) is 12.1 Å². The highest BCUT2D eigenvalue weighted by Crippen LogP contribution is 2.30. The van der Waals surface area contributed by atoms with Gasteiger partial charge in [0.05, 0.1) is 9.40 Å². The van der Waals surface area contributed by atoms with Gasteiger partial charge in [0, 0.05) is 30.5 Å². The number of benzene rings is 2. The average molecular weight is 364 g/mol. The minimum Gasteiger partial charge on any atom is -0.506 e. The lowest BCUT2D eigenvalue weighted by molar-refractivity contribution is -0.384. The molecule has 2 aromatic carbocycles. The zero-order chi connectivity index (χ0) is 16.3. The predicted molar refractivity (Wildman–Crippen MR) is 86.1 cm³/mol. The van der Waals surface area contributed by atoms with Crippen LogP contribution in [-0.4, -0.2) is 15.8 Å². The van der Waals surface area contributed by atoms with Gasteiger partial charge in [-0.1, -0.05) is 18.2 Å². The molecule has 0 aliphatic carbocycles. The van der Waals surface area contributed by atoms with Gasteiger partial charge in [-0.2, -0.15) is 0 Å². The number of non-ortho nitro benzene ring substituents is 1. The van der Waals surface area contributed by atoms with Crippen LogP contribution in [0.4, 0.5) is 5.69 Å². The van der Waals surface area contributed by atoms with Crippen LogP contribution in [0.1, 0.15) is 16.7 Å². The molecule has 0 heterocycles. The maximum absolute atomic E-state index is 12.1. The molecule has 2 aromatic rings. The Bertz CT molecular complexity index is 726. The van der Waals surface area contributed by atoms with Crippen molar-refractivity contribution in [1.82, 2.24) is 0 Å². The maximum Gasteiger partial charge on any atom is 0.269 e. The molecule has 1 N–H and O–H groups in total. The summed E-state index contributed by atoms with van der Waals surface area (Å²) in [5.41, 5.74) is 2.22. The van der Waals surface area contributed by atoms with E-state index in [0.717, 1.165) is 5.56 Å². The maximum atomic E-state index is 12.1. The van der Waals surface area contributed by atoms with E-state index in [1.807, 2.05) is 6.92 Å². The normalized spacial score (nSPS) is 10.5. The minimum absolute atomic E-state index is 0.00328. The number of phenolic OH excluding ortho intramolecular Hbond substituents is 1. The number of aromatic hydroxyl groups is 1. The molecule has 0 aliphatic heterocycles. The van der Waals surface area contributed by atoms with Gasteiger partial charge >= 0.3 is 0 Å². The molecule has 6 heteroatoms. The molecule has 0 atom stereocenters. The van der Waals surface area contributed by atoms with Crippen LogP contribution in [0.15, 0.2) is 40.9 Å². The highest BCUT2D eigenvalue weighted by Gasteiger charge is 2.12. The second-order valence-electron chi connectivity index (χ2n) is 5.07. The molecule has 0 unspecified atom stereocenters. The summed E-state index contributed by atoms with van der Waals surface area (Å²) in [6.07, 6.45) is 0.284. The van der Waals surface area contributed by atoms with Gasteiger partial charge in [0.2, 0.25) is 0 Å². The molecule has 0 saturated carbocycles. The van der Waals surface area contributed by atoms with Crippen LogP contribution in [0.2, 0.25) is 0 Å². The molecule has 5 nitrogen and oxygen atoms in total. The lowest BCUT2D eigenvalue weighted by Gasteiger charge is -2.08. The van der Waals surface area contributed by atoms with Crippen molar-refractivity contribution in [2.24, 2.45) is 0 Å². The Labute approximate surface area is 135 Å². The molecule has 22 heavy (non-hydrogen) atoms. The molecular formula is C16H14BrNO4. The van der Waals surface area contributed by atoms with Crippen LogP contribution in [0, 0.1) is 17.0 Å². The number of ketones is 1. The van der Waals surface area contributed by atoms with Gasteiger partial charge in [-0.25, -0.2) is 0 Å². The highest BCUT2D eigenvalue weighted by atomic mass is 79.9. The third-order valence-electron chi connectivity index (χ3n) is 3.22. The first-order valence-corrected chi connectivity index (χ1v) is 7.39. The van der Waals surface area contributed by atoms with E-state index < -0.39 is 4.92 Å². The third-order valence-corrected chi connectivity index (χ3v) is 3.83. The third kappa shape index (κ3) is 3.92. The number of hydrogen-bond donors (Lipinski definition) is 1. The summed E-state index contributed by atoms with van der Waals surface area (Å²) in [6, 6.07) is 9.45. The molecule has 0 aliphatic rings. The number of phenols is 1. The van der Waals surface area contributed by atoms with E-state index in [9.17, 15) is 20.0 Å². The van der Waals surface area contributed by atoms with Crippen molar-refractivity contribution < 1.29 is 14.8 Å². The highest BCUT2D eigenvalue weighted by molar-refractivity contribution is 9.10. The van der Waals surface area contributed by atoms with Gasteiger partial charge in [0.1, 0.15) is 11.5 Å². The second-order valence-corrected chi connectivity index (χ2v) is 5.92. The van der Waals surface area contributed by atoms with Crippen LogP contribution in [-0.2, 0) is 17.6 Å². The van der Waals surface area contributed by atoms with E-state index in [-0.39, 0.29) is 30.1 Å². The number of rotatable bonds is 5. The quantitative estimate of drug-likeness (QED) is 0.648. The van der Waals surface area contributed by atoms with Crippen molar-refractivity contribution in [3.63, 3.8) is 0 Å². The molecule has 0 spiro atoms. The van der Waals surface area contributed by atoms with Crippen molar-refractivity contribution in [2.75, 3.05) is 0 Å². The van der Waals surface area contributed by atoms with Crippen LogP contribution in [0.5, 0.6) is 5.75 Å². The number of nitro groups is 1. The number of hydrogen-bond acceptors (Lipinski definition) is 4. The number of carbonyl (C=O) groups excluding carboxylic acids is 1. The van der Waals surface area contributed by atoms with E-state index in [1.54, 1.807) is 24.3 Å². The molecule has 2 rings (SSSR count). The van der Waals surface area contributed by atoms with Gasteiger partial charge in [-0.3, -0.25) is 14.9 Å². The summed E-state index contributed by atoms with van der Waals surface area (Å²) >= 11 is 3.25. The van der Waals surface area contributed by atoms with Crippen LogP contribution in [0.3, 0.4) is 0 Å². The molecular weight excluding hydrogens is 350 g/mol. The van der Waals surface area contributed by atoms with E-state index >= 15 is 0 Å². The molecule has 114 valence electrons. The Morgan fingerprint density at radius 3 is 2.45 bits per heavy atom. The van der Waals surface area contributed by atoms with Crippen LogP contribution in [0.25, 0.3) is 0 Å². The van der Waals surface area contributed by atoms with Gasteiger partial charge in [0.15, 0.2) is 0 Å². The van der Waals surface area contributed by atoms with E-state index in [0.29, 0.717) is 15.6 Å². The van der Waals surface area contributed by atoms with Crippen LogP contribution >= 0.6 is 15.9 Å². The first kappa shape index (κ1) is 16.2. The topological polar surface area (TPSA) is 80.4 Å². The Morgan fingerprint density at radius 2 is 1.86 bits per heavy atom. The smallest absolute Gasteiger partial charge is 0.269 e. The Kier molecular flexibility index (Phi) is 4.92. The minimum atomic E-state index is -0.478. The fourth-order valence-electron chi connectivity index (χ4n) is 2.18. The Balaban J connectivity index is 2.09. The number of nitrogens with zero attached hydrogens (tertiary/aromatic N) is 1. The van der Waals surface area contributed by atoms with Crippen LogP contribution < -0.4 is 0 Å². The molecule has 0 amide bonds. The summed E-state index contributed by atoms with van der Waals surface area (Å²) in [6.45, 7) is 1.88. The molecule has 0 saturated heterocycles. The zero-order valence-corrected chi connectivity index (χ0v) is 13.5. The first-order chi connectivity index (χ1) is 10.4. The SMILES string of the molecule is Cc1cc(Br)c(O)c(CC(=O)Cc2ccc([N+](=O)[O-])cc2)c1. The standard InChI is InChI=1S/C16H14BrNO4/c1-10-6-12(16(20)15(17)7-10)9-14(19)8-11-2-4-13(5-3-11)18(21)22/h2-7,20H,8-9H2,1H3. The van der Waals surface area contributed by atoms with E-state index in [2.05, 4.69) is 15.9 Å². The van der Waals surface area contributed by atoms with Gasteiger partial charge in [-0.15, -0.1) is 0 Å². The van der Waals surface area contributed by atoms with Gasteiger partial charge in [0.25, 0.3) is 5.69 Å². The summed E-state index contributed by atoms with van der Waals surface area (Å²) in [7, 11) is 0. The lowest BCUT2D eigenvalue weighted by atomic mass is 10.0.